The van der Waals surface area contributed by atoms with Gasteiger partial charge in [-0.05, 0) is 30.0 Å². The molecule has 5 rings (SSSR count). The average Bonchev–Trinajstić information content (AvgIpc) is 3.59. The van der Waals surface area contributed by atoms with Gasteiger partial charge >= 0.3 is 0 Å². The van der Waals surface area contributed by atoms with E-state index in [4.69, 9.17) is 4.99 Å². The molecule has 4 heterocycles. The maximum absolute atomic E-state index is 13.0. The number of nitrogens with zero attached hydrogens (tertiary/aromatic N) is 3. The summed E-state index contributed by atoms with van der Waals surface area (Å²) >= 11 is 2.97. The largest absolute Gasteiger partial charge is 0.355 e. The zero-order chi connectivity index (χ0) is 22.1. The van der Waals surface area contributed by atoms with Gasteiger partial charge in [0.25, 0.3) is 10.0 Å². The first-order valence-electron chi connectivity index (χ1n) is 10.2. The quantitative estimate of drug-likeness (QED) is 0.405. The van der Waals surface area contributed by atoms with E-state index in [1.165, 1.54) is 15.6 Å². The maximum Gasteiger partial charge on any atom is 0.273 e. The van der Waals surface area contributed by atoms with Gasteiger partial charge < -0.3 is 10.3 Å². The van der Waals surface area contributed by atoms with Crippen LogP contribution >= 0.6 is 23.1 Å². The molecule has 1 atom stereocenters. The molecule has 0 amide bonds. The number of aromatic amines is 1. The molecule has 0 saturated heterocycles. The lowest BCUT2D eigenvalue weighted by Crippen LogP contribution is -2.40. The summed E-state index contributed by atoms with van der Waals surface area (Å²) in [5, 5.41) is 7.34. The summed E-state index contributed by atoms with van der Waals surface area (Å²) in [4.78, 5) is 12.4. The molecule has 0 bridgehead atoms. The van der Waals surface area contributed by atoms with Crippen LogP contribution in [0.5, 0.6) is 0 Å². The highest BCUT2D eigenvalue weighted by atomic mass is 32.2. The molecule has 168 valence electrons. The molecule has 12 heteroatoms. The molecule has 0 saturated carbocycles. The van der Waals surface area contributed by atoms with E-state index < -0.39 is 10.0 Å². The van der Waals surface area contributed by atoms with Gasteiger partial charge in [0.1, 0.15) is 15.9 Å². The van der Waals surface area contributed by atoms with Crippen molar-refractivity contribution in [3.05, 3.63) is 47.5 Å². The Bertz CT molecular complexity index is 1280. The summed E-state index contributed by atoms with van der Waals surface area (Å²) in [6.45, 7) is 2.16. The Labute approximate surface area is 194 Å². The molecule has 2 aliphatic heterocycles. The number of sulfonamides is 1. The lowest BCUT2D eigenvalue weighted by molar-refractivity contribution is 0.596. The number of rotatable bonds is 7. The second-order valence-corrected chi connectivity index (χ2v) is 11.8. The Hall–Kier alpha value is -2.54. The number of hydrogen-bond acceptors (Lipinski definition) is 9. The predicted octanol–water partition coefficient (Wildman–Crippen LogP) is 2.32. The average molecular weight is 490 g/mol. The number of guanidine groups is 1. The highest BCUT2D eigenvalue weighted by molar-refractivity contribution is 8.15. The highest BCUT2D eigenvalue weighted by Crippen LogP contribution is 2.34. The number of fused-ring (bicyclic) bond motifs is 1. The van der Waals surface area contributed by atoms with Crippen molar-refractivity contribution in [2.45, 2.75) is 15.9 Å². The highest BCUT2D eigenvalue weighted by Gasteiger charge is 2.26. The van der Waals surface area contributed by atoms with E-state index in [0.29, 0.717) is 21.8 Å². The SMILES string of the molecule is CN(c1cccc2cc(C3=NCC(CCNC4=NCNN4)S3)[nH]c12)S(=O)(=O)c1cccs1. The smallest absolute Gasteiger partial charge is 0.273 e. The van der Waals surface area contributed by atoms with Crippen molar-refractivity contribution in [1.82, 2.24) is 21.2 Å². The van der Waals surface area contributed by atoms with E-state index in [-0.39, 0.29) is 0 Å². The summed E-state index contributed by atoms with van der Waals surface area (Å²) in [6.07, 6.45) is 0.964. The van der Waals surface area contributed by atoms with Crippen LogP contribution in [-0.2, 0) is 10.0 Å². The summed E-state index contributed by atoms with van der Waals surface area (Å²) in [5.41, 5.74) is 8.22. The van der Waals surface area contributed by atoms with Crippen molar-refractivity contribution < 1.29 is 8.42 Å². The van der Waals surface area contributed by atoms with Gasteiger partial charge in [0.05, 0.1) is 23.4 Å². The molecule has 9 nitrogen and oxygen atoms in total. The van der Waals surface area contributed by atoms with Crippen LogP contribution in [0.25, 0.3) is 10.9 Å². The number of para-hydroxylation sites is 1. The Balaban J connectivity index is 1.31. The van der Waals surface area contributed by atoms with Gasteiger partial charge in [-0.25, -0.2) is 18.8 Å². The third-order valence-electron chi connectivity index (χ3n) is 5.31. The van der Waals surface area contributed by atoms with Crippen LogP contribution in [0.3, 0.4) is 0 Å². The van der Waals surface area contributed by atoms with Crippen LogP contribution in [0.4, 0.5) is 5.69 Å². The lowest BCUT2D eigenvalue weighted by atomic mass is 10.2. The van der Waals surface area contributed by atoms with Gasteiger partial charge in [0.15, 0.2) is 0 Å². The summed E-state index contributed by atoms with van der Waals surface area (Å²) in [5.74, 6) is 0.777. The van der Waals surface area contributed by atoms with Gasteiger partial charge in [-0.2, -0.15) is 0 Å². The monoisotopic (exact) mass is 489 g/mol. The minimum atomic E-state index is -3.61. The normalized spacial score (nSPS) is 18.5. The second-order valence-electron chi connectivity index (χ2n) is 7.40. The number of nitrogens with one attached hydrogen (secondary N) is 4. The van der Waals surface area contributed by atoms with Crippen molar-refractivity contribution in [2.24, 2.45) is 9.98 Å². The molecule has 0 radical (unpaired) electrons. The number of thiophene rings is 1. The Morgan fingerprint density at radius 1 is 1.25 bits per heavy atom. The summed E-state index contributed by atoms with van der Waals surface area (Å²) in [7, 11) is -2.01. The topological polar surface area (TPSA) is 114 Å². The summed E-state index contributed by atoms with van der Waals surface area (Å²) in [6, 6.07) is 11.1. The first-order chi connectivity index (χ1) is 15.5. The minimum Gasteiger partial charge on any atom is -0.355 e. The van der Waals surface area contributed by atoms with Crippen molar-refractivity contribution in [2.75, 3.05) is 31.1 Å². The van der Waals surface area contributed by atoms with Gasteiger partial charge in [-0.3, -0.25) is 14.7 Å². The molecule has 3 aromatic rings. The van der Waals surface area contributed by atoms with E-state index in [1.807, 2.05) is 24.3 Å². The molecule has 1 unspecified atom stereocenters. The number of aliphatic imine (C=N–C) groups is 2. The molecule has 2 aliphatic rings. The number of hydrazine groups is 1. The Kier molecular flexibility index (Phi) is 5.84. The van der Waals surface area contributed by atoms with Crippen LogP contribution in [0.15, 0.2) is 56.0 Å². The lowest BCUT2D eigenvalue weighted by Gasteiger charge is -2.19. The fourth-order valence-electron chi connectivity index (χ4n) is 3.64. The number of thioether (sulfide) groups is 1. The van der Waals surface area contributed by atoms with E-state index in [9.17, 15) is 8.42 Å². The molecule has 1 aromatic carbocycles. The molecule has 2 aromatic heterocycles. The van der Waals surface area contributed by atoms with Gasteiger partial charge in [0, 0.05) is 24.2 Å². The molecule has 0 aliphatic carbocycles. The number of hydrogen-bond donors (Lipinski definition) is 4. The number of H-pyrrole nitrogens is 1. The molecule has 32 heavy (non-hydrogen) atoms. The maximum atomic E-state index is 13.0. The Morgan fingerprint density at radius 2 is 2.16 bits per heavy atom. The Morgan fingerprint density at radius 3 is 2.94 bits per heavy atom. The fraction of sp³-hybridized carbons (Fsp3) is 0.300. The summed E-state index contributed by atoms with van der Waals surface area (Å²) < 4.78 is 27.7. The first kappa shape index (κ1) is 21.3. The van der Waals surface area contributed by atoms with Crippen molar-refractivity contribution in [3.8, 4) is 0 Å². The van der Waals surface area contributed by atoms with Crippen LogP contribution in [0.2, 0.25) is 0 Å². The van der Waals surface area contributed by atoms with Crippen LogP contribution in [-0.4, -0.2) is 56.5 Å². The minimum absolute atomic E-state index is 0.325. The van der Waals surface area contributed by atoms with E-state index in [1.54, 1.807) is 36.3 Å². The molecule has 0 fully saturated rings. The van der Waals surface area contributed by atoms with E-state index in [0.717, 1.165) is 47.1 Å². The molecule has 4 N–H and O–H groups in total. The third-order valence-corrected chi connectivity index (χ3v) is 9.75. The van der Waals surface area contributed by atoms with Crippen LogP contribution in [0.1, 0.15) is 12.1 Å². The van der Waals surface area contributed by atoms with Gasteiger partial charge in [0.2, 0.25) is 5.96 Å². The van der Waals surface area contributed by atoms with E-state index >= 15 is 0 Å². The second kappa shape index (κ2) is 8.77. The molecular formula is C20H23N7O2S3. The van der Waals surface area contributed by atoms with E-state index in [2.05, 4.69) is 26.1 Å². The predicted molar refractivity (Wildman–Crippen MR) is 132 cm³/mol. The number of anilines is 1. The zero-order valence-electron chi connectivity index (χ0n) is 17.3. The van der Waals surface area contributed by atoms with Crippen molar-refractivity contribution in [3.63, 3.8) is 0 Å². The fourth-order valence-corrected chi connectivity index (χ4v) is 7.10. The first-order valence-corrected chi connectivity index (χ1v) is 13.3. The zero-order valence-corrected chi connectivity index (χ0v) is 19.8. The van der Waals surface area contributed by atoms with Crippen LogP contribution in [0, 0.1) is 0 Å². The van der Waals surface area contributed by atoms with Gasteiger partial charge in [-0.15, -0.1) is 11.3 Å². The number of aromatic nitrogens is 1. The standard InChI is InChI=1S/C20H23N7O2S3/c1-27(32(28,29)17-6-3-9-30-17)16-5-2-4-13-10-15(25-18(13)16)19-22-11-14(31-19)7-8-21-20-23-12-24-26-20/h2-6,9-10,14,24-25H,7-8,11-12H2,1H3,(H2,21,23,26). The molecule has 0 spiro atoms. The number of benzene rings is 1. The van der Waals surface area contributed by atoms with Gasteiger partial charge in [-0.1, -0.05) is 30.0 Å². The van der Waals surface area contributed by atoms with Crippen LogP contribution < -0.4 is 20.5 Å². The third kappa shape index (κ3) is 4.10. The van der Waals surface area contributed by atoms with Crippen molar-refractivity contribution >= 4 is 60.7 Å². The molecular weight excluding hydrogens is 466 g/mol. The van der Waals surface area contributed by atoms with Crippen molar-refractivity contribution in [1.29, 1.82) is 0 Å².